The molecule has 0 spiro atoms. The number of carbonyl (C=O) groups excluding carboxylic acids is 1. The topological polar surface area (TPSA) is 69.6 Å². The Balaban J connectivity index is 1.94. The molecule has 1 aromatic rings. The number of amides is 1. The van der Waals surface area contributed by atoms with Crippen molar-refractivity contribution < 1.29 is 14.7 Å². The van der Waals surface area contributed by atoms with E-state index in [-0.39, 0.29) is 17.4 Å². The summed E-state index contributed by atoms with van der Waals surface area (Å²) in [5.74, 6) is -0.967. The van der Waals surface area contributed by atoms with Gasteiger partial charge in [0.15, 0.2) is 0 Å². The lowest BCUT2D eigenvalue weighted by molar-refractivity contribution is -0.133. The minimum absolute atomic E-state index is 0.0544. The molecular formula is C14H18N2O3S. The molecule has 1 aliphatic heterocycles. The molecule has 0 bridgehead atoms. The van der Waals surface area contributed by atoms with Gasteiger partial charge in [-0.2, -0.15) is 0 Å². The summed E-state index contributed by atoms with van der Waals surface area (Å²) in [7, 11) is 0. The van der Waals surface area contributed by atoms with E-state index in [1.54, 1.807) is 0 Å². The molecule has 6 heteroatoms. The summed E-state index contributed by atoms with van der Waals surface area (Å²) in [4.78, 5) is 24.5. The fraction of sp³-hybridized carbons (Fsp3) is 0.429. The predicted molar refractivity (Wildman–Crippen MR) is 81.5 cm³/mol. The average Bonchev–Trinajstić information content (AvgIpc) is 2.92. The number of carbonyl (C=O) groups is 2. The van der Waals surface area contributed by atoms with Crippen LogP contribution in [0.25, 0.3) is 0 Å². The maximum absolute atomic E-state index is 11.8. The molecule has 1 aliphatic rings. The van der Waals surface area contributed by atoms with E-state index < -0.39 is 5.97 Å². The molecule has 0 aromatic heterocycles. The van der Waals surface area contributed by atoms with Crippen molar-refractivity contribution in [2.75, 3.05) is 34.8 Å². The van der Waals surface area contributed by atoms with E-state index in [9.17, 15) is 9.59 Å². The third kappa shape index (κ3) is 4.16. The Bertz CT molecular complexity index is 487. The summed E-state index contributed by atoms with van der Waals surface area (Å²) in [6.07, 6.45) is 2.35. The van der Waals surface area contributed by atoms with Crippen molar-refractivity contribution in [3.05, 3.63) is 24.3 Å². The maximum atomic E-state index is 11.8. The summed E-state index contributed by atoms with van der Waals surface area (Å²) in [6, 6.07) is 7.74. The lowest BCUT2D eigenvalue weighted by atomic mass is 10.2. The van der Waals surface area contributed by atoms with Crippen LogP contribution < -0.4 is 10.2 Å². The van der Waals surface area contributed by atoms with Crippen LogP contribution in [0.4, 0.5) is 11.4 Å². The second kappa shape index (κ2) is 7.19. The Morgan fingerprint density at radius 1 is 1.20 bits per heavy atom. The van der Waals surface area contributed by atoms with Gasteiger partial charge in [-0.1, -0.05) is 12.1 Å². The van der Waals surface area contributed by atoms with Crippen LogP contribution in [0.5, 0.6) is 0 Å². The van der Waals surface area contributed by atoms with Crippen LogP contribution in [0, 0.1) is 0 Å². The summed E-state index contributed by atoms with van der Waals surface area (Å²) in [5, 5.41) is 11.4. The first-order chi connectivity index (χ1) is 9.66. The van der Waals surface area contributed by atoms with Crippen molar-refractivity contribution in [3.63, 3.8) is 0 Å². The highest BCUT2D eigenvalue weighted by Gasteiger charge is 2.16. The highest BCUT2D eigenvalue weighted by Crippen LogP contribution is 2.28. The van der Waals surface area contributed by atoms with Crippen LogP contribution in [-0.2, 0) is 9.59 Å². The van der Waals surface area contributed by atoms with Gasteiger partial charge in [0.1, 0.15) is 0 Å². The molecule has 1 fully saturated rings. The van der Waals surface area contributed by atoms with Crippen molar-refractivity contribution >= 4 is 35.0 Å². The van der Waals surface area contributed by atoms with Crippen LogP contribution in [0.1, 0.15) is 12.8 Å². The number of rotatable bonds is 6. The van der Waals surface area contributed by atoms with Gasteiger partial charge in [0, 0.05) is 13.1 Å². The zero-order valence-corrected chi connectivity index (χ0v) is 12.0. The molecule has 5 nitrogen and oxygen atoms in total. The Hall–Kier alpha value is -1.69. The molecule has 2 N–H and O–H groups in total. The van der Waals surface area contributed by atoms with E-state index in [4.69, 9.17) is 5.11 Å². The number of thioether (sulfide) groups is 1. The number of carboxylic acid groups (broad SMARTS) is 1. The minimum Gasteiger partial charge on any atom is -0.481 e. The van der Waals surface area contributed by atoms with E-state index in [1.807, 2.05) is 24.3 Å². The van der Waals surface area contributed by atoms with Crippen molar-refractivity contribution in [1.82, 2.24) is 0 Å². The van der Waals surface area contributed by atoms with Gasteiger partial charge >= 0.3 is 5.97 Å². The van der Waals surface area contributed by atoms with Gasteiger partial charge in [-0.3, -0.25) is 9.59 Å². The summed E-state index contributed by atoms with van der Waals surface area (Å²) in [5.41, 5.74) is 1.84. The summed E-state index contributed by atoms with van der Waals surface area (Å²) >= 11 is 1.10. The number of hydrogen-bond acceptors (Lipinski definition) is 4. The fourth-order valence-corrected chi connectivity index (χ4v) is 2.76. The number of para-hydroxylation sites is 2. The Morgan fingerprint density at radius 2 is 1.90 bits per heavy atom. The SMILES string of the molecule is O=C(O)CSCC(=O)Nc1ccccc1N1CCCC1. The van der Waals surface area contributed by atoms with Gasteiger partial charge in [-0.05, 0) is 25.0 Å². The van der Waals surface area contributed by atoms with E-state index >= 15 is 0 Å². The third-order valence-electron chi connectivity index (χ3n) is 3.08. The van der Waals surface area contributed by atoms with Gasteiger partial charge in [-0.15, -0.1) is 11.8 Å². The molecule has 0 radical (unpaired) electrons. The molecule has 1 aromatic carbocycles. The van der Waals surface area contributed by atoms with E-state index in [0.717, 1.165) is 36.2 Å². The van der Waals surface area contributed by atoms with Crippen LogP contribution >= 0.6 is 11.8 Å². The van der Waals surface area contributed by atoms with Crippen LogP contribution in [0.3, 0.4) is 0 Å². The first-order valence-electron chi connectivity index (χ1n) is 6.60. The highest BCUT2D eigenvalue weighted by atomic mass is 32.2. The zero-order chi connectivity index (χ0) is 14.4. The predicted octanol–water partition coefficient (Wildman–Crippen LogP) is 2.04. The monoisotopic (exact) mass is 294 g/mol. The molecule has 1 saturated heterocycles. The Labute approximate surface area is 122 Å². The lowest BCUT2D eigenvalue weighted by Crippen LogP contribution is -2.22. The number of nitrogens with zero attached hydrogens (tertiary/aromatic N) is 1. The van der Waals surface area contributed by atoms with Gasteiger partial charge in [0.2, 0.25) is 5.91 Å². The quantitative estimate of drug-likeness (QED) is 0.840. The fourth-order valence-electron chi connectivity index (χ4n) is 2.23. The number of benzene rings is 1. The molecular weight excluding hydrogens is 276 g/mol. The number of aliphatic carboxylic acids is 1. The standard InChI is InChI=1S/C14H18N2O3S/c17-13(9-20-10-14(18)19)15-11-5-1-2-6-12(11)16-7-3-4-8-16/h1-2,5-6H,3-4,7-10H2,(H,15,17)(H,18,19). The summed E-state index contributed by atoms with van der Waals surface area (Å²) < 4.78 is 0. The zero-order valence-electron chi connectivity index (χ0n) is 11.2. The van der Waals surface area contributed by atoms with E-state index in [1.165, 1.54) is 12.8 Å². The van der Waals surface area contributed by atoms with Crippen LogP contribution in [-0.4, -0.2) is 41.6 Å². The third-order valence-corrected chi connectivity index (χ3v) is 4.00. The first kappa shape index (κ1) is 14.7. The second-order valence-corrected chi connectivity index (χ2v) is 5.63. The van der Waals surface area contributed by atoms with Crippen molar-refractivity contribution in [3.8, 4) is 0 Å². The van der Waals surface area contributed by atoms with Gasteiger partial charge in [0.05, 0.1) is 22.9 Å². The van der Waals surface area contributed by atoms with Gasteiger partial charge in [-0.25, -0.2) is 0 Å². The molecule has 0 saturated carbocycles. The van der Waals surface area contributed by atoms with E-state index in [2.05, 4.69) is 10.2 Å². The average molecular weight is 294 g/mol. The number of hydrogen-bond donors (Lipinski definition) is 2. The van der Waals surface area contributed by atoms with Crippen molar-refractivity contribution in [2.45, 2.75) is 12.8 Å². The lowest BCUT2D eigenvalue weighted by Gasteiger charge is -2.21. The smallest absolute Gasteiger partial charge is 0.313 e. The normalized spacial score (nSPS) is 14.3. The minimum atomic E-state index is -0.903. The molecule has 1 heterocycles. The van der Waals surface area contributed by atoms with Crippen molar-refractivity contribution in [2.24, 2.45) is 0 Å². The second-order valence-electron chi connectivity index (χ2n) is 4.65. The number of nitrogens with one attached hydrogen (secondary N) is 1. The van der Waals surface area contributed by atoms with Gasteiger partial charge in [0.25, 0.3) is 0 Å². The van der Waals surface area contributed by atoms with E-state index in [0.29, 0.717) is 0 Å². The molecule has 2 rings (SSSR count). The van der Waals surface area contributed by atoms with Crippen LogP contribution in [0.2, 0.25) is 0 Å². The number of anilines is 2. The Morgan fingerprint density at radius 3 is 2.60 bits per heavy atom. The number of carboxylic acids is 1. The molecule has 1 amide bonds. The molecule has 0 atom stereocenters. The molecule has 0 unspecified atom stereocenters. The maximum Gasteiger partial charge on any atom is 0.313 e. The summed E-state index contributed by atoms with van der Waals surface area (Å²) in [6.45, 7) is 2.03. The van der Waals surface area contributed by atoms with Gasteiger partial charge < -0.3 is 15.3 Å². The molecule has 108 valence electrons. The molecule has 0 aliphatic carbocycles. The molecule has 20 heavy (non-hydrogen) atoms. The first-order valence-corrected chi connectivity index (χ1v) is 7.75. The Kier molecular flexibility index (Phi) is 5.29. The largest absolute Gasteiger partial charge is 0.481 e. The van der Waals surface area contributed by atoms with Crippen molar-refractivity contribution in [1.29, 1.82) is 0 Å². The van der Waals surface area contributed by atoms with Crippen LogP contribution in [0.15, 0.2) is 24.3 Å². The highest BCUT2D eigenvalue weighted by molar-refractivity contribution is 8.00.